The number of hydrogen-bond acceptors (Lipinski definition) is 2. The molecule has 2 nitrogen and oxygen atoms in total. The highest BCUT2D eigenvalue weighted by Gasteiger charge is 2.32. The summed E-state index contributed by atoms with van der Waals surface area (Å²) in [5, 5.41) is 24.1. The van der Waals surface area contributed by atoms with Crippen LogP contribution in [0.3, 0.4) is 0 Å². The predicted octanol–water partition coefficient (Wildman–Crippen LogP) is 12.5. The largest absolute Gasteiger partial charge is 0.192 e. The van der Waals surface area contributed by atoms with Crippen molar-refractivity contribution in [2.24, 2.45) is 0 Å². The summed E-state index contributed by atoms with van der Waals surface area (Å²) in [5.74, 6) is 0. The lowest BCUT2D eigenvalue weighted by Gasteiger charge is -2.20. The van der Waals surface area contributed by atoms with Crippen molar-refractivity contribution in [3.8, 4) is 67.8 Å². The van der Waals surface area contributed by atoms with Gasteiger partial charge >= 0.3 is 0 Å². The number of nitriles is 2. The molecule has 7 aromatic carbocycles. The van der Waals surface area contributed by atoms with Crippen LogP contribution in [0.15, 0.2) is 158 Å². The maximum atomic E-state index is 9.83. The van der Waals surface area contributed by atoms with Crippen LogP contribution in [-0.2, 0) is 0 Å². The van der Waals surface area contributed by atoms with E-state index in [9.17, 15) is 10.5 Å². The molecule has 0 aliphatic heterocycles. The molecule has 0 fully saturated rings. The Labute approximate surface area is 286 Å². The Bertz CT molecular complexity index is 2620. The molecule has 0 amide bonds. The first-order chi connectivity index (χ1) is 24.2. The van der Waals surface area contributed by atoms with Crippen LogP contribution >= 0.6 is 0 Å². The predicted molar refractivity (Wildman–Crippen MR) is 205 cm³/mol. The molecule has 0 heterocycles. The van der Waals surface area contributed by atoms with Crippen LogP contribution in [0.4, 0.5) is 0 Å². The summed E-state index contributed by atoms with van der Waals surface area (Å²) in [6.07, 6.45) is 8.24. The van der Waals surface area contributed by atoms with E-state index < -0.39 is 0 Å². The van der Waals surface area contributed by atoms with Crippen molar-refractivity contribution in [1.82, 2.24) is 0 Å². The van der Waals surface area contributed by atoms with Gasteiger partial charge in [0.1, 0.15) is 0 Å². The molecule has 0 spiro atoms. The monoisotopic (exact) mass is 622 g/mol. The van der Waals surface area contributed by atoms with E-state index in [-0.39, 0.29) is 0 Å². The minimum Gasteiger partial charge on any atom is -0.192 e. The van der Waals surface area contributed by atoms with Crippen LogP contribution in [0.2, 0.25) is 0 Å². The zero-order valence-electron chi connectivity index (χ0n) is 27.0. The zero-order valence-corrected chi connectivity index (χ0v) is 27.0. The van der Waals surface area contributed by atoms with Crippen LogP contribution in [0.25, 0.3) is 82.8 Å². The minimum atomic E-state index is 0.620. The molecule has 7 aromatic rings. The normalized spacial score (nSPS) is 11.9. The van der Waals surface area contributed by atoms with E-state index in [1.54, 1.807) is 0 Å². The maximum Gasteiger partial charge on any atom is 0.0991 e. The van der Waals surface area contributed by atoms with Gasteiger partial charge in [-0.2, -0.15) is 10.5 Å². The fourth-order valence-electron chi connectivity index (χ4n) is 7.58. The van der Waals surface area contributed by atoms with E-state index in [2.05, 4.69) is 129 Å². The van der Waals surface area contributed by atoms with Crippen molar-refractivity contribution in [3.63, 3.8) is 0 Å². The molecule has 0 unspecified atom stereocenters. The summed E-state index contributed by atoms with van der Waals surface area (Å²) in [4.78, 5) is 0. The molecule has 0 bridgehead atoms. The van der Waals surface area contributed by atoms with Crippen LogP contribution in [0, 0.1) is 22.7 Å². The molecule has 0 aromatic heterocycles. The van der Waals surface area contributed by atoms with Crippen molar-refractivity contribution in [3.05, 3.63) is 175 Å². The third-order valence-corrected chi connectivity index (χ3v) is 9.54. The van der Waals surface area contributed by atoms with E-state index in [1.807, 2.05) is 48.5 Å². The number of fused-ring (bicyclic) bond motifs is 4. The fourth-order valence-corrected chi connectivity index (χ4v) is 7.58. The zero-order chi connectivity index (χ0) is 33.5. The van der Waals surface area contributed by atoms with Crippen molar-refractivity contribution >= 4 is 27.1 Å². The summed E-state index contributed by atoms with van der Waals surface area (Å²) < 4.78 is 0. The second-order valence-corrected chi connectivity index (χ2v) is 12.2. The molecule has 0 saturated carbocycles. The number of rotatable bonds is 6. The summed E-state index contributed by atoms with van der Waals surface area (Å²) in [6, 6.07) is 48.7. The van der Waals surface area contributed by atoms with Crippen molar-refractivity contribution in [2.45, 2.75) is 6.92 Å². The van der Waals surface area contributed by atoms with E-state index in [0.717, 1.165) is 33.2 Å². The Morgan fingerprint density at radius 2 is 1.16 bits per heavy atom. The third kappa shape index (κ3) is 4.71. The Hall–Kier alpha value is -6.74. The molecule has 49 heavy (non-hydrogen) atoms. The fraction of sp³-hybridized carbons (Fsp3) is 0.0213. The van der Waals surface area contributed by atoms with Gasteiger partial charge < -0.3 is 0 Å². The van der Waals surface area contributed by atoms with Crippen molar-refractivity contribution in [2.75, 3.05) is 0 Å². The van der Waals surface area contributed by atoms with Gasteiger partial charge in [0.15, 0.2) is 0 Å². The molecule has 0 radical (unpaired) electrons. The molecular weight excluding hydrogens is 593 g/mol. The second-order valence-electron chi connectivity index (χ2n) is 12.2. The molecule has 228 valence electrons. The summed E-state index contributed by atoms with van der Waals surface area (Å²) >= 11 is 0. The average molecular weight is 623 g/mol. The Kier molecular flexibility index (Phi) is 7.34. The summed E-state index contributed by atoms with van der Waals surface area (Å²) in [6.45, 7) is 6.14. The molecule has 0 saturated heterocycles. The second kappa shape index (κ2) is 12.1. The van der Waals surface area contributed by atoms with Crippen LogP contribution in [0.1, 0.15) is 23.6 Å². The van der Waals surface area contributed by atoms with Gasteiger partial charge in [0.2, 0.25) is 0 Å². The molecule has 1 aliphatic carbocycles. The lowest BCUT2D eigenvalue weighted by molar-refractivity contribution is 1.48. The van der Waals surface area contributed by atoms with E-state index >= 15 is 0 Å². The summed E-state index contributed by atoms with van der Waals surface area (Å²) in [5.41, 5.74) is 14.8. The van der Waals surface area contributed by atoms with Gasteiger partial charge in [-0.05, 0) is 120 Å². The first-order valence-corrected chi connectivity index (χ1v) is 16.4. The van der Waals surface area contributed by atoms with Gasteiger partial charge in [-0.3, -0.25) is 0 Å². The smallest absolute Gasteiger partial charge is 0.0991 e. The highest BCUT2D eigenvalue weighted by Crippen LogP contribution is 2.58. The van der Waals surface area contributed by atoms with Gasteiger partial charge in [-0.15, -0.1) is 0 Å². The van der Waals surface area contributed by atoms with Crippen molar-refractivity contribution in [1.29, 1.82) is 10.5 Å². The molecule has 1 aliphatic rings. The molecule has 0 N–H and O–H groups in total. The summed E-state index contributed by atoms with van der Waals surface area (Å²) in [7, 11) is 0. The standard InChI is InChI=1S/C47H30N2/c1-3-11-33(12-4-2)42-38-17-8-9-18-39(38)43(34-14-6-5-7-15-34)47-40-25-23-36(32-21-19-30(28-48)20-22-32)44-37(24-26-41(45(40)44)46(42)47)35-16-10-13-31(27-35)29-49/h3-27H,1H2,2H3/b12-4-,33-11+. The third-order valence-electron chi connectivity index (χ3n) is 9.54. The molecular formula is C47H30N2. The number of hydrogen-bond donors (Lipinski definition) is 0. The highest BCUT2D eigenvalue weighted by molar-refractivity contribution is 6.29. The topological polar surface area (TPSA) is 47.6 Å². The van der Waals surface area contributed by atoms with Crippen LogP contribution in [0.5, 0.6) is 0 Å². The Balaban J connectivity index is 1.59. The minimum absolute atomic E-state index is 0.620. The average Bonchev–Trinajstić information content (AvgIpc) is 3.49. The molecule has 8 rings (SSSR count). The maximum absolute atomic E-state index is 9.83. The van der Waals surface area contributed by atoms with Gasteiger partial charge in [-0.25, -0.2) is 0 Å². The van der Waals surface area contributed by atoms with E-state index in [4.69, 9.17) is 0 Å². The SMILES string of the molecule is C=C/C=C(\C=C/C)c1c2c(c(-c3ccccc3)c3ccccc13)-c1ccc(-c3ccc(C#N)cc3)c3c(-c4cccc(C#N)c4)ccc-2c13. The lowest BCUT2D eigenvalue weighted by Crippen LogP contribution is -1.95. The Morgan fingerprint density at radius 3 is 1.86 bits per heavy atom. The van der Waals surface area contributed by atoms with Crippen LogP contribution in [-0.4, -0.2) is 0 Å². The van der Waals surface area contributed by atoms with Gasteiger partial charge in [0, 0.05) is 0 Å². The van der Waals surface area contributed by atoms with E-state index in [1.165, 1.54) is 55.1 Å². The van der Waals surface area contributed by atoms with E-state index in [0.29, 0.717) is 11.1 Å². The Morgan fingerprint density at radius 1 is 0.551 bits per heavy atom. The first kappa shape index (κ1) is 29.6. The van der Waals surface area contributed by atoms with Gasteiger partial charge in [-0.1, -0.05) is 134 Å². The van der Waals surface area contributed by atoms with Gasteiger partial charge in [0.25, 0.3) is 0 Å². The van der Waals surface area contributed by atoms with Gasteiger partial charge in [0.05, 0.1) is 23.3 Å². The van der Waals surface area contributed by atoms with Crippen LogP contribution < -0.4 is 0 Å². The highest BCUT2D eigenvalue weighted by atomic mass is 14.3. The number of nitrogens with zero attached hydrogens (tertiary/aromatic N) is 2. The number of benzene rings is 7. The molecule has 0 atom stereocenters. The lowest BCUT2D eigenvalue weighted by atomic mass is 9.82. The number of allylic oxidation sites excluding steroid dienone is 5. The van der Waals surface area contributed by atoms with Crippen molar-refractivity contribution < 1.29 is 0 Å². The first-order valence-electron chi connectivity index (χ1n) is 16.4. The quantitative estimate of drug-likeness (QED) is 0.173. The molecule has 2 heteroatoms.